The lowest BCUT2D eigenvalue weighted by Crippen LogP contribution is -2.51. The number of rotatable bonds is 4. The van der Waals surface area contributed by atoms with E-state index in [1.165, 1.54) is 4.90 Å². The summed E-state index contributed by atoms with van der Waals surface area (Å²) in [6, 6.07) is 0.340. The standard InChI is InChI=1S/C14H16F6N2O/c15-11-9(2-1-3-10(11)14(18,19)20)12(13(16,17)8-23)22-6-4-21-5-7-22/h1-3,12,21,23H,4-8H2/t12-/m1/s1. The van der Waals surface area contributed by atoms with Gasteiger partial charge in [-0.05, 0) is 6.07 Å². The van der Waals surface area contributed by atoms with Crippen LogP contribution in [0.5, 0.6) is 0 Å². The van der Waals surface area contributed by atoms with Crippen molar-refractivity contribution in [3.05, 3.63) is 35.1 Å². The van der Waals surface area contributed by atoms with E-state index in [4.69, 9.17) is 5.11 Å². The van der Waals surface area contributed by atoms with Gasteiger partial charge in [0.2, 0.25) is 0 Å². The van der Waals surface area contributed by atoms with Crippen molar-refractivity contribution in [2.75, 3.05) is 32.8 Å². The lowest BCUT2D eigenvalue weighted by atomic mass is 9.95. The summed E-state index contributed by atoms with van der Waals surface area (Å²) in [7, 11) is 0. The zero-order chi connectivity index (χ0) is 17.3. The minimum absolute atomic E-state index is 0.107. The molecule has 0 aliphatic carbocycles. The molecule has 1 aliphatic rings. The second kappa shape index (κ2) is 6.66. The van der Waals surface area contributed by atoms with E-state index in [2.05, 4.69) is 5.32 Å². The molecule has 1 fully saturated rings. The summed E-state index contributed by atoms with van der Waals surface area (Å²) in [6.45, 7) is -0.680. The molecule has 1 aromatic rings. The van der Waals surface area contributed by atoms with Crippen molar-refractivity contribution in [2.24, 2.45) is 0 Å². The average molecular weight is 342 g/mol. The van der Waals surface area contributed by atoms with Gasteiger partial charge in [0.25, 0.3) is 5.92 Å². The number of alkyl halides is 5. The molecule has 0 aromatic heterocycles. The average Bonchev–Trinajstić information content (AvgIpc) is 2.49. The molecule has 1 saturated heterocycles. The molecule has 23 heavy (non-hydrogen) atoms. The number of benzene rings is 1. The van der Waals surface area contributed by atoms with Crippen molar-refractivity contribution in [3.8, 4) is 0 Å². The maximum Gasteiger partial charge on any atom is 0.419 e. The summed E-state index contributed by atoms with van der Waals surface area (Å²) in [6.07, 6.45) is -4.98. The van der Waals surface area contributed by atoms with Crippen LogP contribution in [0.15, 0.2) is 18.2 Å². The zero-order valence-corrected chi connectivity index (χ0v) is 12.0. The third-order valence-electron chi connectivity index (χ3n) is 3.76. The van der Waals surface area contributed by atoms with Crippen LogP contribution < -0.4 is 5.32 Å². The van der Waals surface area contributed by atoms with Crippen LogP contribution in [0.1, 0.15) is 17.2 Å². The maximum absolute atomic E-state index is 14.3. The zero-order valence-electron chi connectivity index (χ0n) is 12.0. The minimum atomic E-state index is -4.98. The Labute approximate surface area is 128 Å². The Bertz CT molecular complexity index is 543. The van der Waals surface area contributed by atoms with E-state index in [0.717, 1.165) is 12.1 Å². The first-order valence-electron chi connectivity index (χ1n) is 6.97. The molecule has 1 heterocycles. The summed E-state index contributed by atoms with van der Waals surface area (Å²) in [4.78, 5) is 1.19. The molecule has 2 rings (SSSR count). The molecule has 0 radical (unpaired) electrons. The number of nitrogens with zero attached hydrogens (tertiary/aromatic N) is 1. The highest BCUT2D eigenvalue weighted by molar-refractivity contribution is 5.32. The Hall–Kier alpha value is -1.32. The van der Waals surface area contributed by atoms with Crippen molar-refractivity contribution >= 4 is 0 Å². The van der Waals surface area contributed by atoms with Crippen LogP contribution in [0.25, 0.3) is 0 Å². The molecule has 1 aromatic carbocycles. The third kappa shape index (κ3) is 3.78. The van der Waals surface area contributed by atoms with Gasteiger partial charge in [-0.2, -0.15) is 13.2 Å². The summed E-state index contributed by atoms with van der Waals surface area (Å²) >= 11 is 0. The molecule has 0 bridgehead atoms. The van der Waals surface area contributed by atoms with Gasteiger partial charge in [0.15, 0.2) is 0 Å². The topological polar surface area (TPSA) is 35.5 Å². The highest BCUT2D eigenvalue weighted by Crippen LogP contribution is 2.41. The quantitative estimate of drug-likeness (QED) is 0.825. The predicted molar refractivity (Wildman–Crippen MR) is 70.6 cm³/mol. The fraction of sp³-hybridized carbons (Fsp3) is 0.571. The van der Waals surface area contributed by atoms with E-state index < -0.39 is 41.7 Å². The van der Waals surface area contributed by atoms with Gasteiger partial charge in [0.1, 0.15) is 18.5 Å². The van der Waals surface area contributed by atoms with Gasteiger partial charge in [-0.3, -0.25) is 4.90 Å². The number of nitrogens with one attached hydrogen (secondary N) is 1. The second-order valence-corrected chi connectivity index (χ2v) is 5.31. The molecule has 2 N–H and O–H groups in total. The Morgan fingerprint density at radius 1 is 1.13 bits per heavy atom. The van der Waals surface area contributed by atoms with E-state index in [-0.39, 0.29) is 13.1 Å². The Morgan fingerprint density at radius 2 is 1.74 bits per heavy atom. The smallest absolute Gasteiger partial charge is 0.390 e. The second-order valence-electron chi connectivity index (χ2n) is 5.31. The highest BCUT2D eigenvalue weighted by atomic mass is 19.4. The van der Waals surface area contributed by atoms with E-state index in [9.17, 15) is 26.3 Å². The van der Waals surface area contributed by atoms with Gasteiger partial charge in [-0.25, -0.2) is 13.2 Å². The number of piperazine rings is 1. The van der Waals surface area contributed by atoms with E-state index >= 15 is 0 Å². The molecule has 0 amide bonds. The normalized spacial score (nSPS) is 18.9. The van der Waals surface area contributed by atoms with Crippen LogP contribution in [0, 0.1) is 5.82 Å². The number of aliphatic hydroxyl groups is 1. The third-order valence-corrected chi connectivity index (χ3v) is 3.76. The van der Waals surface area contributed by atoms with Crippen molar-refractivity contribution in [3.63, 3.8) is 0 Å². The van der Waals surface area contributed by atoms with Crippen LogP contribution in [-0.4, -0.2) is 48.7 Å². The van der Waals surface area contributed by atoms with E-state index in [1.807, 2.05) is 0 Å². The van der Waals surface area contributed by atoms with Crippen molar-refractivity contribution in [1.29, 1.82) is 0 Å². The molecule has 130 valence electrons. The van der Waals surface area contributed by atoms with Gasteiger partial charge in [-0.1, -0.05) is 12.1 Å². The minimum Gasteiger partial charge on any atom is -0.390 e. The fourth-order valence-corrected chi connectivity index (χ4v) is 2.70. The number of hydrogen-bond acceptors (Lipinski definition) is 3. The molecule has 1 aliphatic heterocycles. The Kier molecular flexibility index (Phi) is 5.22. The maximum atomic E-state index is 14.3. The first-order chi connectivity index (χ1) is 10.7. The highest BCUT2D eigenvalue weighted by Gasteiger charge is 2.46. The summed E-state index contributed by atoms with van der Waals surface area (Å²) in [5.41, 5.74) is -2.36. The lowest BCUT2D eigenvalue weighted by molar-refractivity contribution is -0.141. The van der Waals surface area contributed by atoms with Crippen molar-refractivity contribution in [2.45, 2.75) is 18.1 Å². The Balaban J connectivity index is 2.51. The monoisotopic (exact) mass is 342 g/mol. The summed E-state index contributed by atoms with van der Waals surface area (Å²) in [5.74, 6) is -5.50. The van der Waals surface area contributed by atoms with E-state index in [0.29, 0.717) is 19.2 Å². The first kappa shape index (κ1) is 18.0. The van der Waals surface area contributed by atoms with Crippen LogP contribution >= 0.6 is 0 Å². The van der Waals surface area contributed by atoms with Gasteiger partial charge >= 0.3 is 6.18 Å². The summed E-state index contributed by atoms with van der Waals surface area (Å²) in [5, 5.41) is 11.9. The largest absolute Gasteiger partial charge is 0.419 e. The molecule has 0 saturated carbocycles. The number of hydrogen-bond donors (Lipinski definition) is 2. The lowest BCUT2D eigenvalue weighted by Gasteiger charge is -2.39. The SMILES string of the molecule is OCC(F)(F)[C@@H](c1cccc(C(F)(F)F)c1F)N1CCNCC1. The Morgan fingerprint density at radius 3 is 2.26 bits per heavy atom. The molecule has 9 heteroatoms. The molecule has 3 nitrogen and oxygen atoms in total. The van der Waals surface area contributed by atoms with Gasteiger partial charge < -0.3 is 10.4 Å². The van der Waals surface area contributed by atoms with Crippen LogP contribution in [0.3, 0.4) is 0 Å². The number of aliphatic hydroxyl groups excluding tert-OH is 1. The molecule has 0 spiro atoms. The van der Waals surface area contributed by atoms with Crippen LogP contribution in [-0.2, 0) is 6.18 Å². The van der Waals surface area contributed by atoms with Gasteiger partial charge in [0, 0.05) is 31.7 Å². The van der Waals surface area contributed by atoms with Crippen molar-refractivity contribution < 1.29 is 31.4 Å². The van der Waals surface area contributed by atoms with Gasteiger partial charge in [-0.15, -0.1) is 0 Å². The van der Waals surface area contributed by atoms with Crippen LogP contribution in [0.2, 0.25) is 0 Å². The summed E-state index contributed by atoms with van der Waals surface area (Å²) < 4.78 is 81.0. The number of halogens is 6. The van der Waals surface area contributed by atoms with Crippen molar-refractivity contribution in [1.82, 2.24) is 10.2 Å². The molecule has 0 unspecified atom stereocenters. The van der Waals surface area contributed by atoms with Crippen LogP contribution in [0.4, 0.5) is 26.3 Å². The molecular formula is C14H16F6N2O. The van der Waals surface area contributed by atoms with Gasteiger partial charge in [0.05, 0.1) is 5.56 Å². The fourth-order valence-electron chi connectivity index (χ4n) is 2.70. The molecule has 1 atom stereocenters. The van der Waals surface area contributed by atoms with E-state index in [1.54, 1.807) is 0 Å². The molecular weight excluding hydrogens is 326 g/mol. The first-order valence-corrected chi connectivity index (χ1v) is 6.97. The predicted octanol–water partition coefficient (Wildman–Crippen LogP) is 2.42.